The summed E-state index contributed by atoms with van der Waals surface area (Å²) in [7, 11) is -4.14. The van der Waals surface area contributed by atoms with Crippen molar-refractivity contribution in [1.82, 2.24) is 10.2 Å². The number of para-hydroxylation sites is 1. The van der Waals surface area contributed by atoms with Crippen LogP contribution in [0.1, 0.15) is 45.2 Å². The summed E-state index contributed by atoms with van der Waals surface area (Å²) in [6, 6.07) is 21.1. The average Bonchev–Trinajstić information content (AvgIpc) is 2.87. The lowest BCUT2D eigenvalue weighted by Crippen LogP contribution is -2.55. The van der Waals surface area contributed by atoms with Gasteiger partial charge in [-0.25, -0.2) is 8.42 Å². The van der Waals surface area contributed by atoms with Gasteiger partial charge in [-0.3, -0.25) is 13.9 Å². The first-order valence-corrected chi connectivity index (χ1v) is 14.6. The Labute approximate surface area is 236 Å². The van der Waals surface area contributed by atoms with Crippen LogP contribution < -0.4 is 9.62 Å². The first-order chi connectivity index (χ1) is 18.3. The molecule has 3 aromatic rings. The lowest BCUT2D eigenvalue weighted by molar-refractivity contribution is -0.141. The number of nitrogens with one attached hydrogen (secondary N) is 1. The first-order valence-electron chi connectivity index (χ1n) is 12.8. The van der Waals surface area contributed by atoms with Crippen molar-refractivity contribution in [2.24, 2.45) is 0 Å². The minimum absolute atomic E-state index is 0.00604. The van der Waals surface area contributed by atoms with Gasteiger partial charge < -0.3 is 10.2 Å². The van der Waals surface area contributed by atoms with Gasteiger partial charge in [-0.05, 0) is 81.6 Å². The highest BCUT2D eigenvalue weighted by Gasteiger charge is 2.34. The summed E-state index contributed by atoms with van der Waals surface area (Å²) < 4.78 is 28.7. The molecule has 0 heterocycles. The number of hydrogen-bond donors (Lipinski definition) is 1. The molecular formula is C30H36ClN3O4S. The van der Waals surface area contributed by atoms with Crippen LogP contribution in [0.5, 0.6) is 0 Å². The van der Waals surface area contributed by atoms with Crippen molar-refractivity contribution < 1.29 is 18.0 Å². The van der Waals surface area contributed by atoms with Gasteiger partial charge in [-0.1, -0.05) is 61.0 Å². The van der Waals surface area contributed by atoms with Crippen LogP contribution in [0.4, 0.5) is 5.69 Å². The molecule has 3 aromatic carbocycles. The van der Waals surface area contributed by atoms with Gasteiger partial charge >= 0.3 is 0 Å². The highest BCUT2D eigenvalue weighted by molar-refractivity contribution is 7.92. The second kappa shape index (κ2) is 12.7. The van der Waals surface area contributed by atoms with Crippen LogP contribution in [-0.2, 0) is 26.2 Å². The maximum absolute atomic E-state index is 14.1. The molecule has 0 aliphatic carbocycles. The van der Waals surface area contributed by atoms with E-state index in [0.29, 0.717) is 17.1 Å². The van der Waals surface area contributed by atoms with Crippen molar-refractivity contribution >= 4 is 39.1 Å². The molecule has 0 aromatic heterocycles. The van der Waals surface area contributed by atoms with Crippen molar-refractivity contribution in [1.29, 1.82) is 0 Å². The molecule has 0 saturated carbocycles. The van der Waals surface area contributed by atoms with Crippen LogP contribution in [-0.4, -0.2) is 43.3 Å². The molecule has 39 heavy (non-hydrogen) atoms. The van der Waals surface area contributed by atoms with Crippen LogP contribution in [0.2, 0.25) is 5.02 Å². The number of carbonyl (C=O) groups is 2. The van der Waals surface area contributed by atoms with Crippen molar-refractivity contribution in [2.75, 3.05) is 10.8 Å². The maximum Gasteiger partial charge on any atom is 0.264 e. The number of carbonyl (C=O) groups excluding carboxylic acids is 2. The number of aryl methyl sites for hydroxylation is 1. The van der Waals surface area contributed by atoms with Crippen LogP contribution in [0.15, 0.2) is 83.8 Å². The van der Waals surface area contributed by atoms with Crippen LogP contribution >= 0.6 is 11.6 Å². The number of nitrogens with zero attached hydrogens (tertiary/aromatic N) is 2. The van der Waals surface area contributed by atoms with Gasteiger partial charge in [0, 0.05) is 17.1 Å². The number of amides is 2. The van der Waals surface area contributed by atoms with E-state index in [2.05, 4.69) is 5.32 Å². The van der Waals surface area contributed by atoms with Gasteiger partial charge in [0.1, 0.15) is 12.6 Å². The Bertz CT molecular complexity index is 1390. The molecule has 7 nitrogen and oxygen atoms in total. The largest absolute Gasteiger partial charge is 0.350 e. The SMILES string of the molecule is CC[C@@H](C(=O)NC(C)(C)C)N(Cc1ccccc1C)C(=O)CN(c1ccccc1)S(=O)(=O)c1ccc(Cl)cc1. The predicted molar refractivity (Wildman–Crippen MR) is 156 cm³/mol. The van der Waals surface area contributed by atoms with E-state index >= 15 is 0 Å². The van der Waals surface area contributed by atoms with Gasteiger partial charge in [0.05, 0.1) is 10.6 Å². The molecule has 0 aliphatic rings. The van der Waals surface area contributed by atoms with Crippen LogP contribution in [0.25, 0.3) is 0 Å². The summed E-state index contributed by atoms with van der Waals surface area (Å²) in [5, 5.41) is 3.37. The average molecular weight is 570 g/mol. The van der Waals surface area contributed by atoms with Crippen molar-refractivity contribution in [2.45, 2.75) is 64.1 Å². The Morgan fingerprint density at radius 1 is 0.923 bits per heavy atom. The fraction of sp³-hybridized carbons (Fsp3) is 0.333. The molecule has 1 atom stereocenters. The quantitative estimate of drug-likeness (QED) is 0.346. The van der Waals surface area contributed by atoms with E-state index in [1.165, 1.54) is 29.2 Å². The monoisotopic (exact) mass is 569 g/mol. The minimum atomic E-state index is -4.14. The van der Waals surface area contributed by atoms with E-state index in [9.17, 15) is 18.0 Å². The molecule has 0 radical (unpaired) electrons. The third-order valence-corrected chi connectivity index (χ3v) is 8.25. The van der Waals surface area contributed by atoms with Crippen molar-refractivity contribution in [3.63, 3.8) is 0 Å². The third kappa shape index (κ3) is 7.83. The Kier molecular flexibility index (Phi) is 9.80. The first kappa shape index (κ1) is 30.2. The van der Waals surface area contributed by atoms with E-state index in [0.717, 1.165) is 15.4 Å². The number of rotatable bonds is 10. The van der Waals surface area contributed by atoms with Gasteiger partial charge in [-0.15, -0.1) is 0 Å². The molecule has 0 saturated heterocycles. The topological polar surface area (TPSA) is 86.8 Å². The molecule has 2 amide bonds. The van der Waals surface area contributed by atoms with E-state index in [1.807, 2.05) is 58.9 Å². The number of halogens is 1. The summed E-state index contributed by atoms with van der Waals surface area (Å²) in [5.41, 5.74) is 1.68. The zero-order chi connectivity index (χ0) is 28.8. The fourth-order valence-electron chi connectivity index (χ4n) is 4.20. The highest BCUT2D eigenvalue weighted by atomic mass is 35.5. The summed E-state index contributed by atoms with van der Waals surface area (Å²) in [5.74, 6) is -0.783. The number of benzene rings is 3. The normalized spacial score (nSPS) is 12.5. The molecule has 0 bridgehead atoms. The van der Waals surface area contributed by atoms with Gasteiger partial charge in [-0.2, -0.15) is 0 Å². The Morgan fingerprint density at radius 3 is 2.08 bits per heavy atom. The van der Waals surface area contributed by atoms with Crippen LogP contribution in [0, 0.1) is 6.92 Å². The molecule has 1 N–H and O–H groups in total. The van der Waals surface area contributed by atoms with E-state index in [-0.39, 0.29) is 17.3 Å². The zero-order valence-corrected chi connectivity index (χ0v) is 24.6. The Hall–Kier alpha value is -3.36. The molecule has 0 aliphatic heterocycles. The number of hydrogen-bond acceptors (Lipinski definition) is 4. The molecule has 3 rings (SSSR count). The fourth-order valence-corrected chi connectivity index (χ4v) is 5.74. The number of sulfonamides is 1. The predicted octanol–water partition coefficient (Wildman–Crippen LogP) is 5.57. The third-order valence-electron chi connectivity index (χ3n) is 6.21. The molecule has 9 heteroatoms. The lowest BCUT2D eigenvalue weighted by Gasteiger charge is -2.35. The Morgan fingerprint density at radius 2 is 1.51 bits per heavy atom. The standard InChI is InChI=1S/C30H36ClN3O4S/c1-6-27(29(36)32-30(3,4)5)33(20-23-13-11-10-12-22(23)2)28(35)21-34(25-14-8-7-9-15-25)39(37,38)26-18-16-24(31)17-19-26/h7-19,27H,6,20-21H2,1-5H3,(H,32,36)/t27-/m0/s1. The highest BCUT2D eigenvalue weighted by Crippen LogP contribution is 2.26. The van der Waals surface area contributed by atoms with E-state index < -0.39 is 34.1 Å². The molecule has 0 fully saturated rings. The molecule has 0 spiro atoms. The summed E-state index contributed by atoms with van der Waals surface area (Å²) >= 11 is 5.99. The molecule has 208 valence electrons. The van der Waals surface area contributed by atoms with E-state index in [4.69, 9.17) is 11.6 Å². The van der Waals surface area contributed by atoms with Crippen LogP contribution in [0.3, 0.4) is 0 Å². The maximum atomic E-state index is 14.1. The van der Waals surface area contributed by atoms with E-state index in [1.54, 1.807) is 30.3 Å². The summed E-state index contributed by atoms with van der Waals surface area (Å²) in [4.78, 5) is 28.9. The summed E-state index contributed by atoms with van der Waals surface area (Å²) in [6.07, 6.45) is 0.356. The van der Waals surface area contributed by atoms with Gasteiger partial charge in [0.15, 0.2) is 0 Å². The van der Waals surface area contributed by atoms with Crippen molar-refractivity contribution in [3.8, 4) is 0 Å². The molecular weight excluding hydrogens is 534 g/mol. The lowest BCUT2D eigenvalue weighted by atomic mass is 10.0. The van der Waals surface area contributed by atoms with Crippen molar-refractivity contribution in [3.05, 3.63) is 95.0 Å². The second-order valence-corrected chi connectivity index (χ2v) is 12.7. The van der Waals surface area contributed by atoms with Gasteiger partial charge in [0.2, 0.25) is 11.8 Å². The minimum Gasteiger partial charge on any atom is -0.350 e. The van der Waals surface area contributed by atoms with Gasteiger partial charge in [0.25, 0.3) is 10.0 Å². The number of anilines is 1. The second-order valence-electron chi connectivity index (χ2n) is 10.4. The summed E-state index contributed by atoms with van der Waals surface area (Å²) in [6.45, 7) is 9.08. The zero-order valence-electron chi connectivity index (χ0n) is 23.0. The smallest absolute Gasteiger partial charge is 0.264 e. The molecule has 0 unspecified atom stereocenters. The Balaban J connectivity index is 2.06.